The number of rotatable bonds is 8. The molecular weight excluding hydrogens is 434 g/mol. The summed E-state index contributed by atoms with van der Waals surface area (Å²) in [7, 11) is 1.64. The molecule has 0 amide bonds. The minimum Gasteiger partial charge on any atom is -0.396 e. The first kappa shape index (κ1) is 25.8. The van der Waals surface area contributed by atoms with E-state index in [-0.39, 0.29) is 36.5 Å². The summed E-state index contributed by atoms with van der Waals surface area (Å²) in [5, 5.41) is 42.8. The number of thioether (sulfide) groups is 1. The molecule has 2 heterocycles. The van der Waals surface area contributed by atoms with Crippen LogP contribution >= 0.6 is 24.2 Å². The maximum atomic E-state index is 10.4. The normalized spacial score (nSPS) is 38.9. The zero-order chi connectivity index (χ0) is 21.0. The van der Waals surface area contributed by atoms with Crippen molar-refractivity contribution in [2.75, 3.05) is 20.3 Å². The summed E-state index contributed by atoms with van der Waals surface area (Å²) in [6.07, 6.45) is -4.96. The van der Waals surface area contributed by atoms with Crippen LogP contribution < -0.4 is 5.32 Å². The van der Waals surface area contributed by atoms with Crippen LogP contribution in [0.4, 0.5) is 0 Å². The molecule has 0 saturated carbocycles. The molecule has 3 rings (SSSR count). The van der Waals surface area contributed by atoms with E-state index in [0.717, 1.165) is 11.3 Å². The molecule has 0 aliphatic carbocycles. The molecule has 0 aromatic heterocycles. The molecule has 10 heteroatoms. The van der Waals surface area contributed by atoms with Crippen molar-refractivity contribution in [1.29, 1.82) is 0 Å². The number of likely N-dealkylation sites (N-methyl/N-ethyl adjacent to an activating group) is 1. The third-order valence-corrected chi connectivity index (χ3v) is 6.82. The lowest BCUT2D eigenvalue weighted by Crippen LogP contribution is -2.64. The van der Waals surface area contributed by atoms with Gasteiger partial charge in [0.2, 0.25) is 0 Å². The average molecular weight is 466 g/mol. The molecule has 2 fully saturated rings. The van der Waals surface area contributed by atoms with Crippen LogP contribution in [-0.4, -0.2) is 89.0 Å². The van der Waals surface area contributed by atoms with Gasteiger partial charge in [0.05, 0.1) is 25.4 Å². The lowest BCUT2D eigenvalue weighted by Gasteiger charge is -2.43. The van der Waals surface area contributed by atoms with E-state index in [0.29, 0.717) is 0 Å². The quantitative estimate of drug-likeness (QED) is 0.364. The first-order valence-corrected chi connectivity index (χ1v) is 10.9. The Morgan fingerprint density at radius 2 is 1.77 bits per heavy atom. The van der Waals surface area contributed by atoms with Crippen LogP contribution in [0.25, 0.3) is 0 Å². The maximum Gasteiger partial charge on any atom is 0.176 e. The summed E-state index contributed by atoms with van der Waals surface area (Å²) in [4.78, 5) is 0. The first-order valence-electron chi connectivity index (χ1n) is 9.87. The van der Waals surface area contributed by atoms with Gasteiger partial charge in [0.1, 0.15) is 29.9 Å². The maximum absolute atomic E-state index is 10.4. The molecule has 2 aliphatic rings. The molecule has 9 atom stereocenters. The number of benzene rings is 1. The molecular formula is C20H32ClNO7S. The van der Waals surface area contributed by atoms with Crippen molar-refractivity contribution in [2.45, 2.75) is 61.0 Å². The van der Waals surface area contributed by atoms with Gasteiger partial charge in [0.25, 0.3) is 0 Å². The van der Waals surface area contributed by atoms with Gasteiger partial charge < -0.3 is 40.0 Å². The van der Waals surface area contributed by atoms with Crippen molar-refractivity contribution in [3.05, 3.63) is 35.9 Å². The zero-order valence-corrected chi connectivity index (χ0v) is 18.7. The van der Waals surface area contributed by atoms with E-state index in [1.54, 1.807) is 18.8 Å². The molecule has 9 unspecified atom stereocenters. The van der Waals surface area contributed by atoms with E-state index in [9.17, 15) is 20.4 Å². The number of hydrogen-bond donors (Lipinski definition) is 5. The van der Waals surface area contributed by atoms with Crippen molar-refractivity contribution < 1.29 is 34.6 Å². The van der Waals surface area contributed by atoms with Gasteiger partial charge in [-0.05, 0) is 19.5 Å². The fourth-order valence-electron chi connectivity index (χ4n) is 3.82. The number of nitrogens with one attached hydrogen (secondary N) is 1. The molecule has 0 spiro atoms. The Labute approximate surface area is 187 Å². The molecule has 2 aliphatic heterocycles. The SMILES string of the molecule is CNC1C(OC2C(SCc3ccccc3)OC(C)C2CO)OC(CO)C(O)C1O.Cl. The molecule has 1 aromatic rings. The Morgan fingerprint density at radius 3 is 2.37 bits per heavy atom. The summed E-state index contributed by atoms with van der Waals surface area (Å²) in [6.45, 7) is 1.34. The minimum absolute atomic E-state index is 0. The third kappa shape index (κ3) is 5.66. The van der Waals surface area contributed by atoms with Crippen LogP contribution in [0.3, 0.4) is 0 Å². The van der Waals surface area contributed by atoms with Crippen molar-refractivity contribution in [3.63, 3.8) is 0 Å². The first-order chi connectivity index (χ1) is 14.0. The summed E-state index contributed by atoms with van der Waals surface area (Å²) in [6, 6.07) is 9.31. The largest absolute Gasteiger partial charge is 0.396 e. The van der Waals surface area contributed by atoms with Gasteiger partial charge in [-0.15, -0.1) is 24.2 Å². The van der Waals surface area contributed by atoms with E-state index in [1.807, 2.05) is 37.3 Å². The van der Waals surface area contributed by atoms with Crippen LogP contribution in [0.15, 0.2) is 30.3 Å². The van der Waals surface area contributed by atoms with E-state index < -0.39 is 43.4 Å². The molecule has 5 N–H and O–H groups in total. The monoisotopic (exact) mass is 465 g/mol. The number of aliphatic hydroxyl groups excluding tert-OH is 4. The Balaban J connectivity index is 0.00000320. The van der Waals surface area contributed by atoms with Gasteiger partial charge in [0.15, 0.2) is 6.29 Å². The fraction of sp³-hybridized carbons (Fsp3) is 0.700. The fourth-order valence-corrected chi connectivity index (χ4v) is 5.08. The van der Waals surface area contributed by atoms with Crippen LogP contribution in [0.2, 0.25) is 0 Å². The van der Waals surface area contributed by atoms with Crippen molar-refractivity contribution in [2.24, 2.45) is 5.92 Å². The molecule has 30 heavy (non-hydrogen) atoms. The second kappa shape index (κ2) is 12.0. The molecule has 1 aromatic carbocycles. The van der Waals surface area contributed by atoms with Gasteiger partial charge in [0, 0.05) is 11.7 Å². The predicted octanol–water partition coefficient (Wildman–Crippen LogP) is 0.107. The molecule has 0 radical (unpaired) electrons. The van der Waals surface area contributed by atoms with Crippen LogP contribution in [0.1, 0.15) is 12.5 Å². The summed E-state index contributed by atoms with van der Waals surface area (Å²) in [5.41, 5.74) is 0.820. The van der Waals surface area contributed by atoms with Gasteiger partial charge >= 0.3 is 0 Å². The zero-order valence-electron chi connectivity index (χ0n) is 17.0. The van der Waals surface area contributed by atoms with Gasteiger partial charge in [-0.25, -0.2) is 0 Å². The summed E-state index contributed by atoms with van der Waals surface area (Å²) < 4.78 is 18.0. The lowest BCUT2D eigenvalue weighted by atomic mass is 9.96. The second-order valence-corrected chi connectivity index (χ2v) is 8.56. The van der Waals surface area contributed by atoms with Crippen LogP contribution in [0, 0.1) is 5.92 Å². The number of aliphatic hydroxyl groups is 4. The van der Waals surface area contributed by atoms with Crippen LogP contribution in [-0.2, 0) is 20.0 Å². The molecule has 172 valence electrons. The summed E-state index contributed by atoms with van der Waals surface area (Å²) >= 11 is 1.58. The van der Waals surface area contributed by atoms with E-state index >= 15 is 0 Å². The third-order valence-electron chi connectivity index (χ3n) is 5.62. The number of hydrogen-bond acceptors (Lipinski definition) is 9. The van der Waals surface area contributed by atoms with Gasteiger partial charge in [-0.2, -0.15) is 0 Å². The molecule has 2 saturated heterocycles. The van der Waals surface area contributed by atoms with E-state index in [4.69, 9.17) is 14.2 Å². The standard InChI is InChI=1S/C20H31NO7S.ClH/c1-11-13(8-22)18(20(26-11)29-10-12-6-4-3-5-7-12)28-19-15(21-2)17(25)16(24)14(9-23)27-19;/h3-7,11,13-25H,8-10H2,1-2H3;1H. The molecule has 0 bridgehead atoms. The Hall–Kier alpha value is -0.460. The van der Waals surface area contributed by atoms with Gasteiger partial charge in [-0.3, -0.25) is 0 Å². The van der Waals surface area contributed by atoms with E-state index in [2.05, 4.69) is 5.32 Å². The Kier molecular flexibility index (Phi) is 10.3. The predicted molar refractivity (Wildman–Crippen MR) is 115 cm³/mol. The Bertz CT molecular complexity index is 630. The highest BCUT2D eigenvalue weighted by Gasteiger charge is 2.49. The van der Waals surface area contributed by atoms with Crippen molar-refractivity contribution >= 4 is 24.2 Å². The van der Waals surface area contributed by atoms with Crippen molar-refractivity contribution in [1.82, 2.24) is 5.32 Å². The summed E-state index contributed by atoms with van der Waals surface area (Å²) in [5.74, 6) is 0.457. The molecule has 8 nitrogen and oxygen atoms in total. The number of ether oxygens (including phenoxy) is 3. The highest BCUT2D eigenvalue weighted by molar-refractivity contribution is 7.99. The highest BCUT2D eigenvalue weighted by Crippen LogP contribution is 2.38. The van der Waals surface area contributed by atoms with Gasteiger partial charge in [-0.1, -0.05) is 30.3 Å². The lowest BCUT2D eigenvalue weighted by molar-refractivity contribution is -0.285. The van der Waals surface area contributed by atoms with Crippen molar-refractivity contribution in [3.8, 4) is 0 Å². The van der Waals surface area contributed by atoms with Crippen LogP contribution in [0.5, 0.6) is 0 Å². The average Bonchev–Trinajstić information content (AvgIpc) is 3.04. The highest BCUT2D eigenvalue weighted by atomic mass is 35.5. The van der Waals surface area contributed by atoms with E-state index in [1.165, 1.54) is 0 Å². The Morgan fingerprint density at radius 1 is 1.07 bits per heavy atom. The number of halogens is 1. The second-order valence-electron chi connectivity index (χ2n) is 7.47. The smallest absolute Gasteiger partial charge is 0.176 e. The topological polar surface area (TPSA) is 121 Å². The minimum atomic E-state index is -1.23.